The van der Waals surface area contributed by atoms with Gasteiger partial charge in [-0.3, -0.25) is 4.99 Å². The molecule has 30 heavy (non-hydrogen) atoms. The number of benzene rings is 2. The number of rotatable bonds is 6. The van der Waals surface area contributed by atoms with Crippen LogP contribution in [-0.2, 0) is 5.54 Å². The van der Waals surface area contributed by atoms with Crippen LogP contribution in [0.5, 0.6) is 17.2 Å². The summed E-state index contributed by atoms with van der Waals surface area (Å²) < 4.78 is 16.2. The van der Waals surface area contributed by atoms with Gasteiger partial charge >= 0.3 is 0 Å². The first kappa shape index (κ1) is 21.2. The molecule has 0 fully saturated rings. The van der Waals surface area contributed by atoms with Crippen molar-refractivity contribution >= 4 is 11.4 Å². The molecule has 7 heteroatoms. The van der Waals surface area contributed by atoms with Crippen LogP contribution in [0.2, 0.25) is 0 Å². The molecule has 0 atom stereocenters. The Labute approximate surface area is 177 Å². The van der Waals surface area contributed by atoms with Gasteiger partial charge in [0.05, 0.1) is 32.6 Å². The van der Waals surface area contributed by atoms with E-state index in [2.05, 4.69) is 11.1 Å². The predicted octanol–water partition coefficient (Wildman–Crippen LogP) is 3.58. The molecular formula is C23H26N4O3. The molecule has 0 unspecified atom stereocenters. The van der Waals surface area contributed by atoms with Crippen molar-refractivity contribution in [2.24, 2.45) is 10.7 Å². The highest BCUT2D eigenvalue weighted by Gasteiger charge is 2.21. The maximum atomic E-state index is 9.74. The summed E-state index contributed by atoms with van der Waals surface area (Å²) in [5.41, 5.74) is 9.53. The molecule has 1 aliphatic heterocycles. The lowest BCUT2D eigenvalue weighted by Gasteiger charge is -2.25. The Morgan fingerprint density at radius 3 is 2.10 bits per heavy atom. The molecule has 2 aromatic rings. The summed E-state index contributed by atoms with van der Waals surface area (Å²) in [6.07, 6.45) is 1.78. The number of hydrogen-bond acceptors (Lipinski definition) is 7. The predicted molar refractivity (Wildman–Crippen MR) is 117 cm³/mol. The molecular weight excluding hydrogens is 380 g/mol. The monoisotopic (exact) mass is 406 g/mol. The van der Waals surface area contributed by atoms with Gasteiger partial charge in [0.25, 0.3) is 0 Å². The molecule has 0 aliphatic carbocycles. The molecule has 0 saturated carbocycles. The van der Waals surface area contributed by atoms with Gasteiger partial charge in [-0.25, -0.2) is 0 Å². The minimum atomic E-state index is -0.427. The molecule has 0 radical (unpaired) electrons. The summed E-state index contributed by atoms with van der Waals surface area (Å²) in [6, 6.07) is 13.7. The number of ether oxygens (including phenoxy) is 3. The highest BCUT2D eigenvalue weighted by molar-refractivity contribution is 6.15. The van der Waals surface area contributed by atoms with Crippen LogP contribution in [0.4, 0.5) is 5.69 Å². The second-order valence-electron chi connectivity index (χ2n) is 7.46. The van der Waals surface area contributed by atoms with Crippen LogP contribution in [0, 0.1) is 11.3 Å². The van der Waals surface area contributed by atoms with Crippen LogP contribution in [0.3, 0.4) is 0 Å². The van der Waals surface area contributed by atoms with Crippen molar-refractivity contribution in [1.82, 2.24) is 0 Å². The summed E-state index contributed by atoms with van der Waals surface area (Å²) >= 11 is 0. The van der Waals surface area contributed by atoms with Crippen molar-refractivity contribution in [3.8, 4) is 23.3 Å². The van der Waals surface area contributed by atoms with Crippen molar-refractivity contribution in [1.29, 1.82) is 5.26 Å². The minimum absolute atomic E-state index is 0.350. The average molecular weight is 406 g/mol. The largest absolute Gasteiger partial charge is 0.493 e. The third-order valence-electron chi connectivity index (χ3n) is 4.93. The fraction of sp³-hybridized carbons (Fsp3) is 0.304. The number of methoxy groups -OCH3 is 3. The third kappa shape index (κ3) is 4.09. The Morgan fingerprint density at radius 1 is 1.03 bits per heavy atom. The van der Waals surface area contributed by atoms with E-state index in [0.717, 1.165) is 16.8 Å². The van der Waals surface area contributed by atoms with Gasteiger partial charge in [0.15, 0.2) is 11.5 Å². The van der Waals surface area contributed by atoms with Gasteiger partial charge in [0, 0.05) is 35.1 Å². The summed E-state index contributed by atoms with van der Waals surface area (Å²) in [4.78, 5) is 6.53. The van der Waals surface area contributed by atoms with E-state index < -0.39 is 5.54 Å². The molecule has 7 nitrogen and oxygen atoms in total. The van der Waals surface area contributed by atoms with Gasteiger partial charge in [-0.2, -0.15) is 5.26 Å². The number of nitrogens with two attached hydrogens (primary N) is 1. The first-order valence-electron chi connectivity index (χ1n) is 9.45. The van der Waals surface area contributed by atoms with E-state index in [1.807, 2.05) is 55.1 Å². The SMILES string of the molecule is COc1cc(N2C=C(C#N)C(c3ccc(C(C)(C)N)cc3)=NC2)cc(OC)c1OC. The van der Waals surface area contributed by atoms with E-state index in [1.165, 1.54) is 0 Å². The maximum absolute atomic E-state index is 9.74. The summed E-state index contributed by atoms with van der Waals surface area (Å²) in [7, 11) is 4.69. The van der Waals surface area contributed by atoms with Crippen molar-refractivity contribution in [3.05, 3.63) is 59.3 Å². The van der Waals surface area contributed by atoms with Crippen molar-refractivity contribution < 1.29 is 14.2 Å². The number of aliphatic imine (C=N–C) groups is 1. The number of nitrogens with zero attached hydrogens (tertiary/aromatic N) is 3. The van der Waals surface area contributed by atoms with E-state index in [1.54, 1.807) is 27.5 Å². The molecule has 0 saturated heterocycles. The zero-order valence-corrected chi connectivity index (χ0v) is 17.9. The van der Waals surface area contributed by atoms with Gasteiger partial charge in [0.1, 0.15) is 12.7 Å². The van der Waals surface area contributed by atoms with Crippen molar-refractivity contribution in [3.63, 3.8) is 0 Å². The molecule has 156 valence electrons. The van der Waals surface area contributed by atoms with Crippen LogP contribution in [0.15, 0.2) is 53.2 Å². The van der Waals surface area contributed by atoms with Crippen LogP contribution >= 0.6 is 0 Å². The standard InChI is InChI=1S/C23H26N4O3/c1-23(2,25)17-8-6-15(7-9-17)21-16(12-24)13-27(14-26-21)18-10-19(28-3)22(30-5)20(11-18)29-4/h6-11,13H,14,25H2,1-5H3. The van der Waals surface area contributed by atoms with Gasteiger partial charge in [0.2, 0.25) is 5.75 Å². The third-order valence-corrected chi connectivity index (χ3v) is 4.93. The summed E-state index contributed by atoms with van der Waals surface area (Å²) in [5, 5.41) is 9.74. The Hall–Kier alpha value is -3.50. The number of hydrogen-bond donors (Lipinski definition) is 1. The lowest BCUT2D eigenvalue weighted by atomic mass is 9.93. The Bertz CT molecular complexity index is 1000. The van der Waals surface area contributed by atoms with Crippen LogP contribution in [-0.4, -0.2) is 33.7 Å². The average Bonchev–Trinajstić information content (AvgIpc) is 2.77. The highest BCUT2D eigenvalue weighted by Crippen LogP contribution is 2.41. The molecule has 2 aromatic carbocycles. The van der Waals surface area contributed by atoms with E-state index >= 15 is 0 Å². The molecule has 3 rings (SSSR count). The number of allylic oxidation sites excluding steroid dienone is 1. The van der Waals surface area contributed by atoms with Gasteiger partial charge in [-0.05, 0) is 19.4 Å². The van der Waals surface area contributed by atoms with Gasteiger partial charge in [-0.1, -0.05) is 24.3 Å². The Kier molecular flexibility index (Phi) is 5.99. The van der Waals surface area contributed by atoms with Crippen LogP contribution in [0.1, 0.15) is 25.0 Å². The molecule has 2 N–H and O–H groups in total. The van der Waals surface area contributed by atoms with Crippen LogP contribution < -0.4 is 24.8 Å². The maximum Gasteiger partial charge on any atom is 0.203 e. The number of anilines is 1. The topological polar surface area (TPSA) is 93.1 Å². The van der Waals surface area contributed by atoms with E-state index in [-0.39, 0.29) is 0 Å². The summed E-state index contributed by atoms with van der Waals surface area (Å²) in [5.74, 6) is 1.58. The fourth-order valence-electron chi connectivity index (χ4n) is 3.27. The lowest BCUT2D eigenvalue weighted by Crippen LogP contribution is -2.28. The van der Waals surface area contributed by atoms with Crippen LogP contribution in [0.25, 0.3) is 0 Å². The van der Waals surface area contributed by atoms with Crippen molar-refractivity contribution in [2.45, 2.75) is 19.4 Å². The smallest absolute Gasteiger partial charge is 0.203 e. The van der Waals surface area contributed by atoms with Crippen molar-refractivity contribution in [2.75, 3.05) is 32.9 Å². The molecule has 1 heterocycles. The van der Waals surface area contributed by atoms with E-state index in [4.69, 9.17) is 19.9 Å². The normalized spacial score (nSPS) is 13.8. The second kappa shape index (κ2) is 8.47. The first-order valence-corrected chi connectivity index (χ1v) is 9.45. The van der Waals surface area contributed by atoms with Gasteiger partial charge < -0.3 is 24.8 Å². The zero-order valence-electron chi connectivity index (χ0n) is 17.9. The minimum Gasteiger partial charge on any atom is -0.493 e. The second-order valence-corrected chi connectivity index (χ2v) is 7.46. The lowest BCUT2D eigenvalue weighted by molar-refractivity contribution is 0.324. The zero-order chi connectivity index (χ0) is 21.9. The molecule has 0 aromatic heterocycles. The molecule has 0 amide bonds. The van der Waals surface area contributed by atoms with E-state index in [0.29, 0.717) is 35.2 Å². The quantitative estimate of drug-likeness (QED) is 0.788. The molecule has 1 aliphatic rings. The number of nitriles is 1. The Balaban J connectivity index is 1.94. The summed E-state index contributed by atoms with van der Waals surface area (Å²) in [6.45, 7) is 4.26. The highest BCUT2D eigenvalue weighted by atomic mass is 16.5. The van der Waals surface area contributed by atoms with E-state index in [9.17, 15) is 5.26 Å². The first-order chi connectivity index (χ1) is 14.3. The Morgan fingerprint density at radius 2 is 1.63 bits per heavy atom. The molecule has 0 spiro atoms. The van der Waals surface area contributed by atoms with Gasteiger partial charge in [-0.15, -0.1) is 0 Å². The fourth-order valence-corrected chi connectivity index (χ4v) is 3.27. The molecule has 0 bridgehead atoms.